The molecule has 2 aromatic carbocycles. The first-order valence-electron chi connectivity index (χ1n) is 10.5. The van der Waals surface area contributed by atoms with E-state index in [-0.39, 0.29) is 11.9 Å². The number of nitrogens with one attached hydrogen (secondary N) is 2. The molecule has 1 atom stereocenters. The van der Waals surface area contributed by atoms with Gasteiger partial charge in [0, 0.05) is 6.04 Å². The van der Waals surface area contributed by atoms with Crippen molar-refractivity contribution in [1.29, 1.82) is 0 Å². The van der Waals surface area contributed by atoms with Crippen LogP contribution in [0, 0.1) is 5.82 Å². The average molecular weight is 465 g/mol. The molecule has 8 heteroatoms. The number of benzene rings is 2. The number of rotatable bonds is 9. The third-order valence-corrected chi connectivity index (χ3v) is 7.84. The van der Waals surface area contributed by atoms with Crippen molar-refractivity contribution in [2.45, 2.75) is 55.0 Å². The van der Waals surface area contributed by atoms with Gasteiger partial charge in [0.25, 0.3) is 0 Å². The number of sulfonamides is 1. The van der Waals surface area contributed by atoms with E-state index in [1.54, 1.807) is 0 Å². The first-order valence-corrected chi connectivity index (χ1v) is 13.4. The van der Waals surface area contributed by atoms with Crippen molar-refractivity contribution in [3.05, 3.63) is 66.0 Å². The quantitative estimate of drug-likeness (QED) is 0.587. The van der Waals surface area contributed by atoms with E-state index in [4.69, 9.17) is 0 Å². The highest BCUT2D eigenvalue weighted by atomic mass is 32.2. The second-order valence-corrected chi connectivity index (χ2v) is 10.5. The maximum absolute atomic E-state index is 14.0. The van der Waals surface area contributed by atoms with Gasteiger partial charge in [0.2, 0.25) is 15.9 Å². The zero-order valence-corrected chi connectivity index (χ0v) is 19.2. The van der Waals surface area contributed by atoms with Crippen LogP contribution < -0.4 is 10.0 Å². The lowest BCUT2D eigenvalue weighted by Gasteiger charge is -2.30. The fourth-order valence-corrected chi connectivity index (χ4v) is 5.77. The van der Waals surface area contributed by atoms with Crippen molar-refractivity contribution in [3.8, 4) is 0 Å². The largest absolute Gasteiger partial charge is 0.352 e. The van der Waals surface area contributed by atoms with Gasteiger partial charge < -0.3 is 5.32 Å². The molecule has 0 heterocycles. The Labute approximate surface area is 188 Å². The Hall–Kier alpha value is -1.90. The summed E-state index contributed by atoms with van der Waals surface area (Å²) in [5, 5.41) is 3.02. The van der Waals surface area contributed by atoms with Crippen LogP contribution in [-0.4, -0.2) is 38.4 Å². The molecule has 0 bridgehead atoms. The molecule has 2 aromatic rings. The summed E-state index contributed by atoms with van der Waals surface area (Å²) in [5.41, 5.74) is 1.32. The number of carbonyl (C=O) groups is 1. The highest BCUT2D eigenvalue weighted by Gasteiger charge is 2.30. The van der Waals surface area contributed by atoms with Gasteiger partial charge in [-0.05, 0) is 67.7 Å². The summed E-state index contributed by atoms with van der Waals surface area (Å²) < 4.78 is 41.8. The maximum atomic E-state index is 14.0. The Balaban J connectivity index is 1.62. The van der Waals surface area contributed by atoms with Crippen molar-refractivity contribution < 1.29 is 17.6 Å². The molecule has 3 rings (SSSR count). The molecule has 5 nitrogen and oxygen atoms in total. The minimum atomic E-state index is -4.15. The van der Waals surface area contributed by atoms with Gasteiger partial charge in [-0.3, -0.25) is 4.79 Å². The van der Waals surface area contributed by atoms with Gasteiger partial charge >= 0.3 is 0 Å². The van der Waals surface area contributed by atoms with Gasteiger partial charge in [0.05, 0.1) is 0 Å². The summed E-state index contributed by atoms with van der Waals surface area (Å²) >= 11 is 1.53. The van der Waals surface area contributed by atoms with Crippen LogP contribution in [-0.2, 0) is 14.8 Å². The van der Waals surface area contributed by atoms with E-state index in [0.717, 1.165) is 31.7 Å². The fourth-order valence-electron chi connectivity index (χ4n) is 3.99. The molecule has 0 spiro atoms. The molecule has 31 heavy (non-hydrogen) atoms. The molecule has 1 saturated carbocycles. The van der Waals surface area contributed by atoms with Crippen LogP contribution in [0.1, 0.15) is 43.6 Å². The number of thioether (sulfide) groups is 1. The van der Waals surface area contributed by atoms with Crippen LogP contribution in [0.4, 0.5) is 4.39 Å². The van der Waals surface area contributed by atoms with Crippen molar-refractivity contribution >= 4 is 27.7 Å². The molecule has 168 valence electrons. The molecule has 1 unspecified atom stereocenters. The van der Waals surface area contributed by atoms with Gasteiger partial charge in [0.1, 0.15) is 16.8 Å². The first kappa shape index (κ1) is 23.8. The van der Waals surface area contributed by atoms with E-state index in [2.05, 4.69) is 22.2 Å². The molecular weight excluding hydrogens is 435 g/mol. The van der Waals surface area contributed by atoms with E-state index in [0.29, 0.717) is 18.1 Å². The lowest BCUT2D eigenvalue weighted by molar-refractivity contribution is -0.123. The maximum Gasteiger partial charge on any atom is 0.244 e. The minimum absolute atomic E-state index is 0.0159. The molecule has 1 fully saturated rings. The molecule has 0 saturated heterocycles. The minimum Gasteiger partial charge on any atom is -0.352 e. The van der Waals surface area contributed by atoms with Crippen LogP contribution in [0.15, 0.2) is 59.5 Å². The number of hydrogen-bond acceptors (Lipinski definition) is 4. The SMILES string of the molecule is CSCCC(NS(=O)(=O)c1ccccc1F)C(=O)NC1CCC(c2ccccc2)CC1. The van der Waals surface area contributed by atoms with Crippen molar-refractivity contribution in [3.63, 3.8) is 0 Å². The lowest BCUT2D eigenvalue weighted by atomic mass is 9.81. The highest BCUT2D eigenvalue weighted by Crippen LogP contribution is 2.32. The van der Waals surface area contributed by atoms with Gasteiger partial charge in [-0.1, -0.05) is 42.5 Å². The average Bonchev–Trinajstić information content (AvgIpc) is 2.78. The predicted molar refractivity (Wildman–Crippen MR) is 123 cm³/mol. The van der Waals surface area contributed by atoms with Crippen LogP contribution >= 0.6 is 11.8 Å². The second-order valence-electron chi connectivity index (χ2n) is 7.85. The lowest BCUT2D eigenvalue weighted by Crippen LogP contribution is -2.50. The van der Waals surface area contributed by atoms with E-state index < -0.39 is 26.8 Å². The van der Waals surface area contributed by atoms with E-state index >= 15 is 0 Å². The molecule has 0 radical (unpaired) electrons. The van der Waals surface area contributed by atoms with Gasteiger partial charge in [0.15, 0.2) is 0 Å². The second kappa shape index (κ2) is 11.1. The van der Waals surface area contributed by atoms with E-state index in [9.17, 15) is 17.6 Å². The van der Waals surface area contributed by atoms with Crippen LogP contribution in [0.2, 0.25) is 0 Å². The summed E-state index contributed by atoms with van der Waals surface area (Å²) in [6.07, 6.45) is 5.88. The standard InChI is InChI=1S/C23H29FN2O3S2/c1-30-16-15-21(26-31(28,29)22-10-6-5-9-20(22)24)23(27)25-19-13-11-18(12-14-19)17-7-3-2-4-8-17/h2-10,18-19,21,26H,11-16H2,1H3,(H,25,27). The molecule has 0 aromatic heterocycles. The van der Waals surface area contributed by atoms with Crippen LogP contribution in [0.25, 0.3) is 0 Å². The predicted octanol–water partition coefficient (Wildman–Crippen LogP) is 4.07. The van der Waals surface area contributed by atoms with Crippen molar-refractivity contribution in [2.24, 2.45) is 0 Å². The van der Waals surface area contributed by atoms with E-state index in [1.807, 2.05) is 24.5 Å². The Kier molecular flexibility index (Phi) is 8.51. The number of carbonyl (C=O) groups excluding carboxylic acids is 1. The number of amides is 1. The van der Waals surface area contributed by atoms with Crippen molar-refractivity contribution in [1.82, 2.24) is 10.0 Å². The molecule has 2 N–H and O–H groups in total. The molecule has 1 aliphatic carbocycles. The summed E-state index contributed by atoms with van der Waals surface area (Å²) in [7, 11) is -4.15. The number of hydrogen-bond donors (Lipinski definition) is 2. The third kappa shape index (κ3) is 6.54. The molecular formula is C23H29FN2O3S2. The fraction of sp³-hybridized carbons (Fsp3) is 0.435. The summed E-state index contributed by atoms with van der Waals surface area (Å²) in [6.45, 7) is 0. The number of halogens is 1. The van der Waals surface area contributed by atoms with Crippen molar-refractivity contribution in [2.75, 3.05) is 12.0 Å². The summed E-state index contributed by atoms with van der Waals surface area (Å²) in [4.78, 5) is 12.5. The molecule has 1 aliphatic rings. The zero-order chi connectivity index (χ0) is 22.3. The monoisotopic (exact) mass is 464 g/mol. The Morgan fingerprint density at radius 2 is 1.71 bits per heavy atom. The topological polar surface area (TPSA) is 75.3 Å². The first-order chi connectivity index (χ1) is 14.9. The van der Waals surface area contributed by atoms with Gasteiger partial charge in [-0.15, -0.1) is 0 Å². The summed E-state index contributed by atoms with van der Waals surface area (Å²) in [6, 6.07) is 14.6. The zero-order valence-electron chi connectivity index (χ0n) is 17.6. The third-order valence-electron chi connectivity index (χ3n) is 5.70. The van der Waals surface area contributed by atoms with Gasteiger partial charge in [-0.2, -0.15) is 16.5 Å². The Morgan fingerprint density at radius 1 is 1.06 bits per heavy atom. The smallest absolute Gasteiger partial charge is 0.244 e. The molecule has 0 aliphatic heterocycles. The van der Waals surface area contributed by atoms with Gasteiger partial charge in [-0.25, -0.2) is 12.8 Å². The van der Waals surface area contributed by atoms with Crippen LogP contribution in [0.3, 0.4) is 0 Å². The Bertz CT molecular complexity index is 962. The molecule has 1 amide bonds. The normalized spacial score (nSPS) is 20.2. The summed E-state index contributed by atoms with van der Waals surface area (Å²) in [5.74, 6) is -0.0879. The highest BCUT2D eigenvalue weighted by molar-refractivity contribution is 7.98. The van der Waals surface area contributed by atoms with Crippen LogP contribution in [0.5, 0.6) is 0 Å². The van der Waals surface area contributed by atoms with E-state index in [1.165, 1.54) is 35.5 Å². The Morgan fingerprint density at radius 3 is 2.35 bits per heavy atom.